The monoisotopic (exact) mass is 332 g/mol. The Balaban J connectivity index is 2.35. The molecule has 1 aliphatic heterocycles. The highest BCUT2D eigenvalue weighted by atomic mass is 79.9. The van der Waals surface area contributed by atoms with Gasteiger partial charge >= 0.3 is 0 Å². The molecule has 0 spiro atoms. The summed E-state index contributed by atoms with van der Waals surface area (Å²) in [6.45, 7) is 3.89. The number of nitrogens with zero attached hydrogens (tertiary/aromatic N) is 1. The zero-order valence-electron chi connectivity index (χ0n) is 10.3. The molecule has 0 amide bonds. The molecule has 1 aromatic carbocycles. The third kappa shape index (κ3) is 3.05. The number of hydrogen-bond acceptors (Lipinski definition) is 3. The quantitative estimate of drug-likeness (QED) is 0.854. The number of hydrogen-bond donors (Lipinski definition) is 1. The van der Waals surface area contributed by atoms with Crippen LogP contribution in [0.1, 0.15) is 12.0 Å². The lowest BCUT2D eigenvalue weighted by molar-refractivity contribution is 0.572. The molecule has 4 nitrogen and oxygen atoms in total. The van der Waals surface area contributed by atoms with E-state index in [1.54, 1.807) is 0 Å². The second-order valence-electron chi connectivity index (χ2n) is 4.43. The molecule has 2 rings (SSSR count). The average Bonchev–Trinajstić information content (AvgIpc) is 2.29. The Labute approximate surface area is 117 Å². The Kier molecular flexibility index (Phi) is 4.29. The van der Waals surface area contributed by atoms with Crippen LogP contribution in [0.3, 0.4) is 0 Å². The molecule has 1 heterocycles. The van der Waals surface area contributed by atoms with Crippen LogP contribution in [0.25, 0.3) is 0 Å². The highest BCUT2D eigenvalue weighted by Crippen LogP contribution is 2.25. The van der Waals surface area contributed by atoms with Crippen molar-refractivity contribution in [2.45, 2.75) is 13.3 Å². The molecule has 100 valence electrons. The van der Waals surface area contributed by atoms with E-state index in [1.807, 2.05) is 25.1 Å². The van der Waals surface area contributed by atoms with Crippen molar-refractivity contribution in [1.82, 2.24) is 5.32 Å². The largest absolute Gasteiger partial charge is 0.316 e. The van der Waals surface area contributed by atoms with E-state index < -0.39 is 10.0 Å². The van der Waals surface area contributed by atoms with Crippen LogP contribution < -0.4 is 9.62 Å². The molecule has 0 atom stereocenters. The number of halogens is 1. The lowest BCUT2D eigenvalue weighted by Crippen LogP contribution is -2.41. The SMILES string of the molecule is Cc1cc(N2CCCNCCS2(=O)=O)ccc1Br. The number of benzene rings is 1. The summed E-state index contributed by atoms with van der Waals surface area (Å²) in [5.41, 5.74) is 1.81. The number of rotatable bonds is 1. The molecule has 0 unspecified atom stereocenters. The smallest absolute Gasteiger partial charge is 0.236 e. The Morgan fingerprint density at radius 1 is 1.33 bits per heavy atom. The summed E-state index contributed by atoms with van der Waals surface area (Å²) in [6, 6.07) is 5.66. The summed E-state index contributed by atoms with van der Waals surface area (Å²) in [4.78, 5) is 0. The first-order valence-corrected chi connectivity index (χ1v) is 8.38. The number of nitrogens with one attached hydrogen (secondary N) is 1. The van der Waals surface area contributed by atoms with E-state index in [9.17, 15) is 8.42 Å². The molecule has 1 fully saturated rings. The number of anilines is 1. The van der Waals surface area contributed by atoms with Crippen LogP contribution in [0, 0.1) is 6.92 Å². The fourth-order valence-electron chi connectivity index (χ4n) is 2.00. The molecule has 0 bridgehead atoms. The first kappa shape index (κ1) is 13.8. The Bertz CT molecular complexity index is 531. The van der Waals surface area contributed by atoms with E-state index in [1.165, 1.54) is 4.31 Å². The van der Waals surface area contributed by atoms with Crippen LogP contribution in [0.5, 0.6) is 0 Å². The molecular weight excluding hydrogens is 316 g/mol. The van der Waals surface area contributed by atoms with Crippen molar-refractivity contribution in [2.75, 3.05) is 29.7 Å². The van der Waals surface area contributed by atoms with Gasteiger partial charge < -0.3 is 5.32 Å². The van der Waals surface area contributed by atoms with Gasteiger partial charge in [0.1, 0.15) is 0 Å². The lowest BCUT2D eigenvalue weighted by atomic mass is 10.2. The summed E-state index contributed by atoms with van der Waals surface area (Å²) in [5.74, 6) is 0.155. The summed E-state index contributed by atoms with van der Waals surface area (Å²) >= 11 is 3.43. The van der Waals surface area contributed by atoms with Crippen molar-refractivity contribution in [2.24, 2.45) is 0 Å². The molecule has 0 radical (unpaired) electrons. The number of sulfonamides is 1. The maximum absolute atomic E-state index is 12.2. The Hall–Kier alpha value is -0.590. The fraction of sp³-hybridized carbons (Fsp3) is 0.500. The molecule has 0 aromatic heterocycles. The predicted octanol–water partition coefficient (Wildman–Crippen LogP) is 1.89. The van der Waals surface area contributed by atoms with E-state index in [0.717, 1.165) is 28.7 Å². The topological polar surface area (TPSA) is 49.4 Å². The second kappa shape index (κ2) is 5.59. The third-order valence-corrected chi connectivity index (χ3v) is 5.69. The maximum atomic E-state index is 12.2. The minimum Gasteiger partial charge on any atom is -0.316 e. The van der Waals surface area contributed by atoms with E-state index in [-0.39, 0.29) is 5.75 Å². The van der Waals surface area contributed by atoms with E-state index >= 15 is 0 Å². The second-order valence-corrected chi connectivity index (χ2v) is 7.29. The van der Waals surface area contributed by atoms with E-state index in [0.29, 0.717) is 13.1 Å². The van der Waals surface area contributed by atoms with E-state index in [2.05, 4.69) is 21.2 Å². The van der Waals surface area contributed by atoms with Gasteiger partial charge in [-0.25, -0.2) is 8.42 Å². The normalized spacial score (nSPS) is 20.2. The maximum Gasteiger partial charge on any atom is 0.236 e. The van der Waals surface area contributed by atoms with Gasteiger partial charge in [0.05, 0.1) is 11.4 Å². The van der Waals surface area contributed by atoms with Gasteiger partial charge in [0, 0.05) is 17.6 Å². The molecule has 1 N–H and O–H groups in total. The van der Waals surface area contributed by atoms with Crippen molar-refractivity contribution in [3.05, 3.63) is 28.2 Å². The van der Waals surface area contributed by atoms with Crippen LogP contribution in [0.4, 0.5) is 5.69 Å². The summed E-state index contributed by atoms with van der Waals surface area (Å²) in [6.07, 6.45) is 0.828. The van der Waals surface area contributed by atoms with Gasteiger partial charge in [-0.05, 0) is 43.7 Å². The molecular formula is C12H17BrN2O2S. The van der Waals surface area contributed by atoms with Gasteiger partial charge in [-0.3, -0.25) is 4.31 Å². The summed E-state index contributed by atoms with van der Waals surface area (Å²) in [5, 5.41) is 3.12. The van der Waals surface area contributed by atoms with Gasteiger partial charge in [0.25, 0.3) is 0 Å². The molecule has 1 aliphatic rings. The minimum atomic E-state index is -3.21. The standard InChI is InChI=1S/C12H17BrN2O2S/c1-10-9-11(3-4-12(10)13)15-7-2-5-14-6-8-18(15,16)17/h3-4,9,14H,2,5-8H2,1H3. The van der Waals surface area contributed by atoms with Gasteiger partial charge in [0.15, 0.2) is 0 Å². The molecule has 0 saturated carbocycles. The zero-order chi connectivity index (χ0) is 13.2. The molecule has 1 saturated heterocycles. The average molecular weight is 333 g/mol. The van der Waals surface area contributed by atoms with Crippen LogP contribution in [-0.2, 0) is 10.0 Å². The lowest BCUT2D eigenvalue weighted by Gasteiger charge is -2.27. The zero-order valence-corrected chi connectivity index (χ0v) is 12.7. The molecule has 6 heteroatoms. The van der Waals surface area contributed by atoms with Crippen molar-refractivity contribution in [3.8, 4) is 0 Å². The molecule has 1 aromatic rings. The van der Waals surface area contributed by atoms with Crippen molar-refractivity contribution in [3.63, 3.8) is 0 Å². The Morgan fingerprint density at radius 3 is 2.83 bits per heavy atom. The summed E-state index contributed by atoms with van der Waals surface area (Å²) in [7, 11) is -3.21. The first-order chi connectivity index (χ1) is 8.50. The van der Waals surface area contributed by atoms with Crippen LogP contribution in [0.15, 0.2) is 22.7 Å². The predicted molar refractivity (Wildman–Crippen MR) is 77.5 cm³/mol. The highest BCUT2D eigenvalue weighted by Gasteiger charge is 2.23. The Morgan fingerprint density at radius 2 is 2.11 bits per heavy atom. The fourth-order valence-corrected chi connectivity index (χ4v) is 3.71. The van der Waals surface area contributed by atoms with Crippen molar-refractivity contribution >= 4 is 31.6 Å². The number of aryl methyl sites for hydroxylation is 1. The van der Waals surface area contributed by atoms with E-state index in [4.69, 9.17) is 0 Å². The molecule has 18 heavy (non-hydrogen) atoms. The first-order valence-electron chi connectivity index (χ1n) is 5.98. The highest BCUT2D eigenvalue weighted by molar-refractivity contribution is 9.10. The third-order valence-electron chi connectivity index (χ3n) is 3.02. The van der Waals surface area contributed by atoms with Crippen LogP contribution in [-0.4, -0.2) is 33.8 Å². The van der Waals surface area contributed by atoms with Gasteiger partial charge in [0.2, 0.25) is 10.0 Å². The minimum absolute atomic E-state index is 0.155. The van der Waals surface area contributed by atoms with Crippen molar-refractivity contribution < 1.29 is 8.42 Å². The van der Waals surface area contributed by atoms with Gasteiger partial charge in [-0.2, -0.15) is 0 Å². The van der Waals surface area contributed by atoms with Crippen molar-refractivity contribution in [1.29, 1.82) is 0 Å². The van der Waals surface area contributed by atoms with Gasteiger partial charge in [-0.15, -0.1) is 0 Å². The van der Waals surface area contributed by atoms with Crippen LogP contribution >= 0.6 is 15.9 Å². The molecule has 0 aliphatic carbocycles. The van der Waals surface area contributed by atoms with Crippen LogP contribution in [0.2, 0.25) is 0 Å². The summed E-state index contributed by atoms with van der Waals surface area (Å²) < 4.78 is 27.0. The van der Waals surface area contributed by atoms with Gasteiger partial charge in [-0.1, -0.05) is 15.9 Å².